The van der Waals surface area contributed by atoms with E-state index in [-0.39, 0.29) is 17.7 Å². The van der Waals surface area contributed by atoms with E-state index >= 15 is 0 Å². The lowest BCUT2D eigenvalue weighted by Crippen LogP contribution is -2.23. The van der Waals surface area contributed by atoms with Gasteiger partial charge < -0.3 is 10.4 Å². The Kier molecular flexibility index (Phi) is 4.22. The second-order valence-electron chi connectivity index (χ2n) is 4.20. The van der Waals surface area contributed by atoms with Gasteiger partial charge in [-0.25, -0.2) is 13.6 Å². The van der Waals surface area contributed by atoms with E-state index in [1.807, 2.05) is 0 Å². The van der Waals surface area contributed by atoms with Crippen molar-refractivity contribution in [2.24, 2.45) is 0 Å². The smallest absolute Gasteiger partial charge is 0.337 e. The van der Waals surface area contributed by atoms with Crippen LogP contribution in [-0.2, 0) is 6.54 Å². The molecule has 1 aromatic carbocycles. The van der Waals surface area contributed by atoms with Crippen molar-refractivity contribution in [1.82, 2.24) is 10.3 Å². The summed E-state index contributed by atoms with van der Waals surface area (Å²) in [7, 11) is 0. The number of aromatic nitrogens is 1. The van der Waals surface area contributed by atoms with Gasteiger partial charge in [0.05, 0.1) is 11.1 Å². The third kappa shape index (κ3) is 3.59. The SMILES string of the molecule is O=C(O)c1cncc(C(=O)NCc2ccc(F)c(F)c2)c1. The van der Waals surface area contributed by atoms with E-state index in [2.05, 4.69) is 10.3 Å². The molecule has 2 aromatic rings. The molecule has 0 spiro atoms. The summed E-state index contributed by atoms with van der Waals surface area (Å²) in [6.07, 6.45) is 2.33. The molecule has 0 saturated heterocycles. The molecule has 0 saturated carbocycles. The molecule has 1 amide bonds. The number of amides is 1. The summed E-state index contributed by atoms with van der Waals surface area (Å²) in [6, 6.07) is 4.45. The Morgan fingerprint density at radius 3 is 2.48 bits per heavy atom. The monoisotopic (exact) mass is 292 g/mol. The molecule has 2 N–H and O–H groups in total. The van der Waals surface area contributed by atoms with Crippen LogP contribution in [0, 0.1) is 11.6 Å². The number of carboxylic acid groups (broad SMARTS) is 1. The first-order valence-electron chi connectivity index (χ1n) is 5.88. The molecule has 5 nitrogen and oxygen atoms in total. The standard InChI is InChI=1S/C14H10F2N2O3/c15-11-2-1-8(3-12(11)16)5-18-13(19)9-4-10(14(20)21)7-17-6-9/h1-4,6-7H,5H2,(H,18,19)(H,20,21). The summed E-state index contributed by atoms with van der Waals surface area (Å²) < 4.78 is 25.8. The highest BCUT2D eigenvalue weighted by atomic mass is 19.2. The number of rotatable bonds is 4. The van der Waals surface area contributed by atoms with Gasteiger partial charge in [-0.1, -0.05) is 6.07 Å². The van der Waals surface area contributed by atoms with Crippen molar-refractivity contribution in [3.63, 3.8) is 0 Å². The highest BCUT2D eigenvalue weighted by Gasteiger charge is 2.10. The Morgan fingerprint density at radius 2 is 1.81 bits per heavy atom. The van der Waals surface area contributed by atoms with Crippen molar-refractivity contribution in [1.29, 1.82) is 0 Å². The molecule has 0 aliphatic heterocycles. The van der Waals surface area contributed by atoms with Gasteiger partial charge in [0.2, 0.25) is 0 Å². The molecule has 2 rings (SSSR count). The molecule has 0 aliphatic carbocycles. The van der Waals surface area contributed by atoms with Gasteiger partial charge in [-0.15, -0.1) is 0 Å². The van der Waals surface area contributed by atoms with Crippen molar-refractivity contribution in [3.05, 3.63) is 65.0 Å². The fraction of sp³-hybridized carbons (Fsp3) is 0.0714. The van der Waals surface area contributed by atoms with Gasteiger partial charge >= 0.3 is 5.97 Å². The summed E-state index contributed by atoms with van der Waals surface area (Å²) in [6.45, 7) is -0.0205. The van der Waals surface area contributed by atoms with Crippen LogP contribution in [0.15, 0.2) is 36.7 Å². The maximum absolute atomic E-state index is 13.0. The first-order valence-corrected chi connectivity index (χ1v) is 5.88. The number of nitrogens with one attached hydrogen (secondary N) is 1. The van der Waals surface area contributed by atoms with Crippen LogP contribution in [0.3, 0.4) is 0 Å². The number of hydrogen-bond acceptors (Lipinski definition) is 3. The molecule has 0 aliphatic rings. The number of aromatic carboxylic acids is 1. The van der Waals surface area contributed by atoms with Crippen molar-refractivity contribution in [3.8, 4) is 0 Å². The third-order valence-electron chi connectivity index (χ3n) is 2.68. The summed E-state index contributed by atoms with van der Waals surface area (Å²) >= 11 is 0. The fourth-order valence-electron chi connectivity index (χ4n) is 1.62. The Balaban J connectivity index is 2.06. The second-order valence-corrected chi connectivity index (χ2v) is 4.20. The first kappa shape index (κ1) is 14.6. The summed E-state index contributed by atoms with van der Waals surface area (Å²) in [4.78, 5) is 26.3. The number of hydrogen-bond donors (Lipinski definition) is 2. The number of nitrogens with zero attached hydrogens (tertiary/aromatic N) is 1. The molecule has 21 heavy (non-hydrogen) atoms. The van der Waals surface area contributed by atoms with Crippen LogP contribution < -0.4 is 5.32 Å². The van der Waals surface area contributed by atoms with Gasteiger partial charge in [0.1, 0.15) is 0 Å². The van der Waals surface area contributed by atoms with Gasteiger partial charge in [-0.05, 0) is 23.8 Å². The molecule has 1 aromatic heterocycles. The zero-order valence-corrected chi connectivity index (χ0v) is 10.6. The van der Waals surface area contributed by atoms with Crippen molar-refractivity contribution in [2.45, 2.75) is 6.54 Å². The second kappa shape index (κ2) is 6.08. The normalized spacial score (nSPS) is 10.2. The van der Waals surface area contributed by atoms with E-state index in [9.17, 15) is 18.4 Å². The highest BCUT2D eigenvalue weighted by molar-refractivity contribution is 5.96. The largest absolute Gasteiger partial charge is 0.478 e. The van der Waals surface area contributed by atoms with Crippen molar-refractivity contribution < 1.29 is 23.5 Å². The van der Waals surface area contributed by atoms with E-state index < -0.39 is 23.5 Å². The van der Waals surface area contributed by atoms with Gasteiger partial charge in [0.15, 0.2) is 11.6 Å². The average Bonchev–Trinajstić information content (AvgIpc) is 2.48. The van der Waals surface area contributed by atoms with Crippen LogP contribution in [0.1, 0.15) is 26.3 Å². The minimum absolute atomic E-state index is 0.0205. The van der Waals surface area contributed by atoms with Crippen LogP contribution in [0.4, 0.5) is 8.78 Å². The van der Waals surface area contributed by atoms with E-state index in [1.165, 1.54) is 18.3 Å². The maximum atomic E-state index is 13.0. The number of carbonyl (C=O) groups is 2. The highest BCUT2D eigenvalue weighted by Crippen LogP contribution is 2.09. The number of halogens is 2. The van der Waals surface area contributed by atoms with Crippen molar-refractivity contribution >= 4 is 11.9 Å². The quantitative estimate of drug-likeness (QED) is 0.903. The van der Waals surface area contributed by atoms with E-state index in [4.69, 9.17) is 5.11 Å². The topological polar surface area (TPSA) is 79.3 Å². The molecule has 0 unspecified atom stereocenters. The third-order valence-corrected chi connectivity index (χ3v) is 2.68. The molecule has 0 radical (unpaired) electrons. The average molecular weight is 292 g/mol. The van der Waals surface area contributed by atoms with Gasteiger partial charge in [-0.2, -0.15) is 0 Å². The molecule has 0 fully saturated rings. The summed E-state index contributed by atoms with van der Waals surface area (Å²) in [5, 5.41) is 11.3. The Bertz CT molecular complexity index is 704. The first-order chi connectivity index (χ1) is 9.97. The van der Waals surface area contributed by atoms with E-state index in [1.54, 1.807) is 0 Å². The van der Waals surface area contributed by atoms with Gasteiger partial charge in [-0.3, -0.25) is 9.78 Å². The van der Waals surface area contributed by atoms with Gasteiger partial charge in [0.25, 0.3) is 5.91 Å². The molecule has 0 bridgehead atoms. The van der Waals surface area contributed by atoms with Gasteiger partial charge in [0, 0.05) is 18.9 Å². The Morgan fingerprint density at radius 1 is 1.10 bits per heavy atom. The van der Waals surface area contributed by atoms with E-state index in [0.29, 0.717) is 5.56 Å². The fourth-order valence-corrected chi connectivity index (χ4v) is 1.62. The Labute approximate surface area is 118 Å². The lowest BCUT2D eigenvalue weighted by Gasteiger charge is -2.06. The molecule has 0 atom stereocenters. The molecule has 1 heterocycles. The predicted octanol–water partition coefficient (Wildman–Crippen LogP) is 1.99. The lowest BCUT2D eigenvalue weighted by atomic mass is 10.2. The molecular formula is C14H10F2N2O3. The molecule has 7 heteroatoms. The molecular weight excluding hydrogens is 282 g/mol. The van der Waals surface area contributed by atoms with Crippen molar-refractivity contribution in [2.75, 3.05) is 0 Å². The summed E-state index contributed by atoms with van der Waals surface area (Å²) in [5.74, 6) is -3.73. The number of carboxylic acids is 1. The predicted molar refractivity (Wildman–Crippen MR) is 68.7 cm³/mol. The zero-order chi connectivity index (χ0) is 15.4. The minimum Gasteiger partial charge on any atom is -0.478 e. The molecule has 108 valence electrons. The minimum atomic E-state index is -1.20. The summed E-state index contributed by atoms with van der Waals surface area (Å²) in [5.41, 5.74) is 0.331. The maximum Gasteiger partial charge on any atom is 0.337 e. The zero-order valence-electron chi connectivity index (χ0n) is 10.6. The van der Waals surface area contributed by atoms with Crippen LogP contribution in [0.5, 0.6) is 0 Å². The van der Waals surface area contributed by atoms with Crippen LogP contribution in [-0.4, -0.2) is 22.0 Å². The van der Waals surface area contributed by atoms with Crippen LogP contribution in [0.2, 0.25) is 0 Å². The van der Waals surface area contributed by atoms with Crippen LogP contribution >= 0.6 is 0 Å². The number of pyridine rings is 1. The number of carbonyl (C=O) groups excluding carboxylic acids is 1. The lowest BCUT2D eigenvalue weighted by molar-refractivity contribution is 0.0696. The van der Waals surface area contributed by atoms with E-state index in [0.717, 1.165) is 18.3 Å². The number of benzene rings is 1. The van der Waals surface area contributed by atoms with Crippen LogP contribution in [0.25, 0.3) is 0 Å². The Hall–Kier alpha value is -2.83.